The Balaban J connectivity index is 1.53. The molecule has 0 saturated carbocycles. The molecule has 3 aromatic rings. The zero-order chi connectivity index (χ0) is 20.5. The van der Waals surface area contributed by atoms with Gasteiger partial charge < -0.3 is 4.90 Å². The molecule has 0 unspecified atom stereocenters. The van der Waals surface area contributed by atoms with Gasteiger partial charge in [0.05, 0.1) is 5.69 Å². The van der Waals surface area contributed by atoms with Crippen LogP contribution in [-0.4, -0.2) is 23.3 Å². The van der Waals surface area contributed by atoms with Crippen molar-refractivity contribution in [2.75, 3.05) is 16.8 Å². The van der Waals surface area contributed by atoms with Crippen LogP contribution in [0.2, 0.25) is 5.02 Å². The highest BCUT2D eigenvalue weighted by atomic mass is 35.5. The molecule has 0 bridgehead atoms. The molecule has 0 fully saturated rings. The van der Waals surface area contributed by atoms with Crippen LogP contribution in [0.3, 0.4) is 0 Å². The lowest BCUT2D eigenvalue weighted by Gasteiger charge is -2.16. The van der Waals surface area contributed by atoms with Crippen LogP contribution in [0.25, 0.3) is 11.3 Å². The Morgan fingerprint density at radius 1 is 1.21 bits per heavy atom. The van der Waals surface area contributed by atoms with Crippen molar-refractivity contribution in [2.45, 2.75) is 26.7 Å². The van der Waals surface area contributed by atoms with Crippen LogP contribution < -0.4 is 10.2 Å². The number of amides is 2. The molecular weight excluding hydrogens is 406 g/mol. The lowest BCUT2D eigenvalue weighted by molar-refractivity contribution is -0.118. The molecule has 2 aromatic carbocycles. The van der Waals surface area contributed by atoms with Crippen molar-refractivity contribution in [1.29, 1.82) is 0 Å². The summed E-state index contributed by atoms with van der Waals surface area (Å²) < 4.78 is 0. The van der Waals surface area contributed by atoms with E-state index in [9.17, 15) is 9.59 Å². The molecule has 7 heteroatoms. The minimum atomic E-state index is -0.204. The van der Waals surface area contributed by atoms with Crippen molar-refractivity contribution in [3.8, 4) is 11.3 Å². The molecule has 0 aliphatic carbocycles. The first-order chi connectivity index (χ1) is 14.0. The molecule has 2 amide bonds. The second-order valence-electron chi connectivity index (χ2n) is 6.88. The predicted molar refractivity (Wildman–Crippen MR) is 118 cm³/mol. The average molecular weight is 426 g/mol. The van der Waals surface area contributed by atoms with Gasteiger partial charge in [0.15, 0.2) is 5.13 Å². The van der Waals surface area contributed by atoms with Crippen LogP contribution in [0.15, 0.2) is 42.5 Å². The van der Waals surface area contributed by atoms with E-state index in [4.69, 9.17) is 11.6 Å². The smallest absolute Gasteiger partial charge is 0.257 e. The van der Waals surface area contributed by atoms with Crippen LogP contribution in [-0.2, 0) is 11.2 Å². The summed E-state index contributed by atoms with van der Waals surface area (Å²) >= 11 is 7.40. The van der Waals surface area contributed by atoms with E-state index in [-0.39, 0.29) is 11.8 Å². The van der Waals surface area contributed by atoms with Crippen molar-refractivity contribution < 1.29 is 9.59 Å². The van der Waals surface area contributed by atoms with Crippen LogP contribution in [0, 0.1) is 6.92 Å². The summed E-state index contributed by atoms with van der Waals surface area (Å²) in [6.45, 7) is 4.51. The first-order valence-corrected chi connectivity index (χ1v) is 10.6. The maximum Gasteiger partial charge on any atom is 0.257 e. The molecule has 1 aliphatic rings. The minimum Gasteiger partial charge on any atom is -0.312 e. The average Bonchev–Trinajstić information content (AvgIpc) is 3.30. The number of hydrogen-bond acceptors (Lipinski definition) is 4. The number of carbonyl (C=O) groups excluding carboxylic acids is 2. The maximum absolute atomic E-state index is 12.7. The van der Waals surface area contributed by atoms with Crippen LogP contribution >= 0.6 is 22.9 Å². The van der Waals surface area contributed by atoms with Crippen molar-refractivity contribution in [3.63, 3.8) is 0 Å². The summed E-state index contributed by atoms with van der Waals surface area (Å²) in [5, 5.41) is 4.13. The number of anilines is 2. The molecular formula is C22H20ClN3O2S. The second kappa shape index (κ2) is 7.97. The number of rotatable bonds is 4. The van der Waals surface area contributed by atoms with Crippen LogP contribution in [0.4, 0.5) is 10.8 Å². The standard InChI is InChI=1S/C22H20ClN3O2S/c1-3-19(27)26-11-10-15-12-16(6-9-18(15)26)21(28)25-22-24-20(13(2)29-22)14-4-7-17(23)8-5-14/h4-9,12H,3,10-11H2,1-2H3,(H,24,25,28). The Morgan fingerprint density at radius 3 is 2.69 bits per heavy atom. The molecule has 148 valence electrons. The zero-order valence-electron chi connectivity index (χ0n) is 16.2. The highest BCUT2D eigenvalue weighted by Gasteiger charge is 2.24. The number of carbonyl (C=O) groups is 2. The number of aromatic nitrogens is 1. The Bertz CT molecular complexity index is 1090. The molecule has 1 aliphatic heterocycles. The third-order valence-electron chi connectivity index (χ3n) is 4.98. The van der Waals surface area contributed by atoms with E-state index in [1.54, 1.807) is 11.0 Å². The van der Waals surface area contributed by atoms with E-state index in [2.05, 4.69) is 10.3 Å². The summed E-state index contributed by atoms with van der Waals surface area (Å²) in [5.41, 5.74) is 4.29. The quantitative estimate of drug-likeness (QED) is 0.615. The van der Waals surface area contributed by atoms with Crippen molar-refractivity contribution in [1.82, 2.24) is 4.98 Å². The predicted octanol–water partition coefficient (Wildman–Crippen LogP) is 5.32. The van der Waals surface area contributed by atoms with Gasteiger partial charge in [0.1, 0.15) is 0 Å². The topological polar surface area (TPSA) is 62.3 Å². The van der Waals surface area contributed by atoms with Crippen molar-refractivity contribution in [2.24, 2.45) is 0 Å². The number of fused-ring (bicyclic) bond motifs is 1. The summed E-state index contributed by atoms with van der Waals surface area (Å²) in [6, 6.07) is 13.0. The number of nitrogens with one attached hydrogen (secondary N) is 1. The number of hydrogen-bond donors (Lipinski definition) is 1. The molecule has 1 aromatic heterocycles. The number of benzene rings is 2. The Kier molecular flexibility index (Phi) is 5.39. The molecule has 1 N–H and O–H groups in total. The maximum atomic E-state index is 12.7. The first-order valence-electron chi connectivity index (χ1n) is 9.44. The lowest BCUT2D eigenvalue weighted by Crippen LogP contribution is -2.27. The fourth-order valence-electron chi connectivity index (χ4n) is 3.49. The van der Waals surface area contributed by atoms with Crippen molar-refractivity contribution in [3.05, 3.63) is 63.5 Å². The zero-order valence-corrected chi connectivity index (χ0v) is 17.7. The van der Waals surface area contributed by atoms with Crippen molar-refractivity contribution >= 4 is 45.6 Å². The normalized spacial score (nSPS) is 12.7. The van der Waals surface area contributed by atoms with E-state index in [0.29, 0.717) is 28.7 Å². The van der Waals surface area contributed by atoms with E-state index in [0.717, 1.165) is 33.8 Å². The molecule has 0 atom stereocenters. The van der Waals surface area contributed by atoms with Gasteiger partial charge in [-0.15, -0.1) is 11.3 Å². The van der Waals surface area contributed by atoms with Gasteiger partial charge in [-0.2, -0.15) is 0 Å². The molecule has 0 saturated heterocycles. The molecule has 29 heavy (non-hydrogen) atoms. The fraction of sp³-hybridized carbons (Fsp3) is 0.227. The molecule has 2 heterocycles. The molecule has 4 rings (SSSR count). The van der Waals surface area contributed by atoms with Crippen LogP contribution in [0.5, 0.6) is 0 Å². The summed E-state index contributed by atoms with van der Waals surface area (Å²) in [5.74, 6) is -0.0987. The Morgan fingerprint density at radius 2 is 1.97 bits per heavy atom. The summed E-state index contributed by atoms with van der Waals surface area (Å²) in [7, 11) is 0. The SMILES string of the molecule is CCC(=O)N1CCc2cc(C(=O)Nc3nc(-c4ccc(Cl)cc4)c(C)s3)ccc21. The third kappa shape index (κ3) is 3.91. The summed E-state index contributed by atoms with van der Waals surface area (Å²) in [6.07, 6.45) is 1.24. The van der Waals surface area contributed by atoms with E-state index in [1.807, 2.05) is 50.2 Å². The Hall–Kier alpha value is -2.70. The highest BCUT2D eigenvalue weighted by molar-refractivity contribution is 7.16. The minimum absolute atomic E-state index is 0.106. The first kappa shape index (κ1) is 19.6. The van der Waals surface area contributed by atoms with Gasteiger partial charge in [-0.1, -0.05) is 30.7 Å². The van der Waals surface area contributed by atoms with E-state index in [1.165, 1.54) is 11.3 Å². The van der Waals surface area contributed by atoms with Gasteiger partial charge in [-0.3, -0.25) is 14.9 Å². The van der Waals surface area contributed by atoms with E-state index < -0.39 is 0 Å². The number of halogens is 1. The van der Waals surface area contributed by atoms with Gasteiger partial charge in [0.25, 0.3) is 5.91 Å². The largest absolute Gasteiger partial charge is 0.312 e. The molecule has 0 spiro atoms. The monoisotopic (exact) mass is 425 g/mol. The number of thiazole rings is 1. The van der Waals surface area contributed by atoms with Gasteiger partial charge in [0, 0.05) is 39.7 Å². The third-order valence-corrected chi connectivity index (χ3v) is 6.11. The van der Waals surface area contributed by atoms with Gasteiger partial charge in [-0.25, -0.2) is 4.98 Å². The second-order valence-corrected chi connectivity index (χ2v) is 8.52. The van der Waals surface area contributed by atoms with Gasteiger partial charge in [-0.05, 0) is 49.2 Å². The molecule has 0 radical (unpaired) electrons. The van der Waals surface area contributed by atoms with Gasteiger partial charge in [0.2, 0.25) is 5.91 Å². The van der Waals surface area contributed by atoms with E-state index >= 15 is 0 Å². The van der Waals surface area contributed by atoms with Crippen LogP contribution in [0.1, 0.15) is 34.1 Å². The number of aryl methyl sites for hydroxylation is 1. The van der Waals surface area contributed by atoms with Gasteiger partial charge >= 0.3 is 0 Å². The lowest BCUT2D eigenvalue weighted by atomic mass is 10.1. The summed E-state index contributed by atoms with van der Waals surface area (Å²) in [4.78, 5) is 32.2. The highest BCUT2D eigenvalue weighted by Crippen LogP contribution is 2.32. The molecule has 5 nitrogen and oxygen atoms in total. The Labute approximate surface area is 178 Å². The fourth-order valence-corrected chi connectivity index (χ4v) is 4.44. The number of nitrogens with zero attached hydrogens (tertiary/aromatic N) is 2.